The van der Waals surface area contributed by atoms with Crippen molar-refractivity contribution >= 4 is 28.4 Å². The Morgan fingerprint density at radius 1 is 1.10 bits per heavy atom. The summed E-state index contributed by atoms with van der Waals surface area (Å²) in [5.74, 6) is 1.02. The molecule has 29 heavy (non-hydrogen) atoms. The monoisotopic (exact) mass is 408 g/mol. The van der Waals surface area contributed by atoms with E-state index in [2.05, 4.69) is 85.3 Å². The van der Waals surface area contributed by atoms with Crippen LogP contribution in [0.2, 0.25) is 0 Å². The van der Waals surface area contributed by atoms with Gasteiger partial charge in [0.25, 0.3) is 0 Å². The van der Waals surface area contributed by atoms with E-state index in [9.17, 15) is 4.79 Å². The number of amides is 1. The molecule has 1 amide bonds. The van der Waals surface area contributed by atoms with E-state index < -0.39 is 0 Å². The molecule has 1 N–H and O–H groups in total. The number of hydrogen-bond acceptors (Lipinski definition) is 1. The number of rotatable bonds is 7. The highest BCUT2D eigenvalue weighted by molar-refractivity contribution is 6.27. The second kappa shape index (κ2) is 7.87. The van der Waals surface area contributed by atoms with Crippen LogP contribution in [0.4, 0.5) is 0 Å². The largest absolute Gasteiger partial charge is 0.355 e. The minimum atomic E-state index is -0.0858. The van der Waals surface area contributed by atoms with Crippen LogP contribution in [0.15, 0.2) is 54.6 Å². The van der Waals surface area contributed by atoms with Gasteiger partial charge in [0.2, 0.25) is 5.91 Å². The SMILES string of the molecule is Cc1c([C@H]2[C@@H](CCNC(=O)CCl)C2(C)C)c2ccccc2n1Cc1ccccc1. The molecule has 2 aromatic carbocycles. The number of nitrogens with one attached hydrogen (secondary N) is 1. The Morgan fingerprint density at radius 3 is 2.52 bits per heavy atom. The fraction of sp³-hybridized carbons (Fsp3) is 0.400. The first kappa shape index (κ1) is 20.0. The van der Waals surface area contributed by atoms with Gasteiger partial charge >= 0.3 is 0 Å². The van der Waals surface area contributed by atoms with E-state index >= 15 is 0 Å². The summed E-state index contributed by atoms with van der Waals surface area (Å²) in [6.07, 6.45) is 0.984. The van der Waals surface area contributed by atoms with Gasteiger partial charge in [-0.3, -0.25) is 4.79 Å². The predicted octanol–water partition coefficient (Wildman–Crippen LogP) is 5.48. The smallest absolute Gasteiger partial charge is 0.234 e. The van der Waals surface area contributed by atoms with Gasteiger partial charge in [-0.15, -0.1) is 11.6 Å². The highest BCUT2D eigenvalue weighted by Gasteiger charge is 2.58. The Labute approximate surface area is 178 Å². The van der Waals surface area contributed by atoms with E-state index in [-0.39, 0.29) is 17.2 Å². The summed E-state index contributed by atoms with van der Waals surface area (Å²) in [7, 11) is 0. The van der Waals surface area contributed by atoms with Crippen molar-refractivity contribution in [2.45, 2.75) is 39.7 Å². The van der Waals surface area contributed by atoms with Gasteiger partial charge in [0.15, 0.2) is 0 Å². The molecular weight excluding hydrogens is 380 g/mol. The zero-order valence-electron chi connectivity index (χ0n) is 17.4. The molecule has 0 bridgehead atoms. The van der Waals surface area contributed by atoms with Crippen molar-refractivity contribution in [2.24, 2.45) is 11.3 Å². The molecule has 1 aromatic heterocycles. The third-order valence-corrected chi connectivity index (χ3v) is 6.97. The van der Waals surface area contributed by atoms with Crippen LogP contribution in [0, 0.1) is 18.3 Å². The fourth-order valence-corrected chi connectivity index (χ4v) is 5.18. The molecule has 0 radical (unpaired) electrons. The lowest BCUT2D eigenvalue weighted by atomic mass is 10.0. The predicted molar refractivity (Wildman–Crippen MR) is 121 cm³/mol. The normalized spacial score (nSPS) is 20.0. The van der Waals surface area contributed by atoms with Gasteiger partial charge in [-0.05, 0) is 47.8 Å². The van der Waals surface area contributed by atoms with Crippen LogP contribution in [0.25, 0.3) is 10.9 Å². The number of benzene rings is 2. The van der Waals surface area contributed by atoms with E-state index in [1.54, 1.807) is 0 Å². The molecule has 1 saturated carbocycles. The lowest BCUT2D eigenvalue weighted by molar-refractivity contribution is -0.118. The van der Waals surface area contributed by atoms with Crippen molar-refractivity contribution in [1.29, 1.82) is 0 Å². The number of nitrogens with zero attached hydrogens (tertiary/aromatic N) is 1. The van der Waals surface area contributed by atoms with E-state index in [0.29, 0.717) is 18.4 Å². The average Bonchev–Trinajstić information content (AvgIpc) is 3.14. The maximum atomic E-state index is 11.5. The Hall–Kier alpha value is -2.26. The van der Waals surface area contributed by atoms with Crippen molar-refractivity contribution in [2.75, 3.05) is 12.4 Å². The molecule has 1 heterocycles. The number of halogens is 1. The standard InChI is InChI=1S/C25H29ClN2O/c1-17-23(24-20(25(24,2)3)13-14-27-22(29)15-26)19-11-7-8-12-21(19)28(17)16-18-9-5-4-6-10-18/h4-12,20,24H,13-16H2,1-3H3,(H,27,29)/t20-,24-/m1/s1. The van der Waals surface area contributed by atoms with Gasteiger partial charge in [-0.25, -0.2) is 0 Å². The highest BCUT2D eigenvalue weighted by Crippen LogP contribution is 2.67. The van der Waals surface area contributed by atoms with Gasteiger partial charge in [-0.2, -0.15) is 0 Å². The van der Waals surface area contributed by atoms with E-state index in [1.165, 1.54) is 27.7 Å². The zero-order valence-corrected chi connectivity index (χ0v) is 18.2. The minimum absolute atomic E-state index is 0.0313. The van der Waals surface area contributed by atoms with E-state index in [4.69, 9.17) is 11.6 Å². The lowest BCUT2D eigenvalue weighted by Crippen LogP contribution is -2.25. The Bertz CT molecular complexity index is 1020. The summed E-state index contributed by atoms with van der Waals surface area (Å²) in [6, 6.07) is 19.4. The van der Waals surface area contributed by atoms with Crippen LogP contribution < -0.4 is 5.32 Å². The topological polar surface area (TPSA) is 34.0 Å². The molecule has 0 unspecified atom stereocenters. The van der Waals surface area contributed by atoms with Crippen molar-refractivity contribution in [3.05, 3.63) is 71.4 Å². The highest BCUT2D eigenvalue weighted by atomic mass is 35.5. The molecule has 152 valence electrons. The van der Waals surface area contributed by atoms with Gasteiger partial charge in [0.1, 0.15) is 5.88 Å². The van der Waals surface area contributed by atoms with Gasteiger partial charge in [-0.1, -0.05) is 62.4 Å². The molecule has 2 atom stereocenters. The Balaban J connectivity index is 1.66. The van der Waals surface area contributed by atoms with Crippen molar-refractivity contribution in [3.8, 4) is 0 Å². The number of aromatic nitrogens is 1. The molecule has 4 rings (SSSR count). The summed E-state index contributed by atoms with van der Waals surface area (Å²) < 4.78 is 2.46. The zero-order chi connectivity index (χ0) is 20.6. The van der Waals surface area contributed by atoms with Crippen molar-refractivity contribution < 1.29 is 4.79 Å². The lowest BCUT2D eigenvalue weighted by Gasteiger charge is -2.10. The second-order valence-electron chi connectivity index (χ2n) is 8.77. The summed E-state index contributed by atoms with van der Waals surface area (Å²) in [6.45, 7) is 8.55. The van der Waals surface area contributed by atoms with Crippen molar-refractivity contribution in [1.82, 2.24) is 9.88 Å². The Kier molecular flexibility index (Phi) is 5.44. The fourth-order valence-electron chi connectivity index (χ4n) is 5.09. The summed E-state index contributed by atoms with van der Waals surface area (Å²) in [4.78, 5) is 11.5. The molecular formula is C25H29ClN2O. The number of carbonyl (C=O) groups excluding carboxylic acids is 1. The van der Waals surface area contributed by atoms with Crippen LogP contribution in [-0.4, -0.2) is 22.9 Å². The first-order valence-corrected chi connectivity index (χ1v) is 10.9. The minimum Gasteiger partial charge on any atom is -0.355 e. The Morgan fingerprint density at radius 2 is 1.79 bits per heavy atom. The molecule has 3 aromatic rings. The maximum absolute atomic E-state index is 11.5. The molecule has 1 fully saturated rings. The first-order valence-electron chi connectivity index (χ1n) is 10.4. The molecule has 1 aliphatic rings. The van der Waals surface area contributed by atoms with Gasteiger partial charge in [0.05, 0.1) is 0 Å². The van der Waals surface area contributed by atoms with Crippen LogP contribution in [0.5, 0.6) is 0 Å². The van der Waals surface area contributed by atoms with E-state index in [0.717, 1.165) is 13.0 Å². The van der Waals surface area contributed by atoms with Crippen molar-refractivity contribution in [3.63, 3.8) is 0 Å². The molecule has 0 saturated heterocycles. The molecule has 0 aliphatic heterocycles. The van der Waals surface area contributed by atoms with E-state index in [1.807, 2.05) is 0 Å². The number of para-hydroxylation sites is 1. The molecule has 1 aliphatic carbocycles. The number of carbonyl (C=O) groups is 1. The second-order valence-corrected chi connectivity index (χ2v) is 9.03. The van der Waals surface area contributed by atoms with Crippen LogP contribution in [0.1, 0.15) is 43.0 Å². The molecule has 3 nitrogen and oxygen atoms in total. The number of hydrogen-bond donors (Lipinski definition) is 1. The summed E-state index contributed by atoms with van der Waals surface area (Å²) in [5.41, 5.74) is 5.70. The summed E-state index contributed by atoms with van der Waals surface area (Å²) in [5, 5.41) is 4.29. The number of alkyl halides is 1. The quantitative estimate of drug-likeness (QED) is 0.516. The van der Waals surface area contributed by atoms with Gasteiger partial charge < -0.3 is 9.88 Å². The maximum Gasteiger partial charge on any atom is 0.234 e. The first-order chi connectivity index (χ1) is 13.9. The average molecular weight is 409 g/mol. The van der Waals surface area contributed by atoms with Gasteiger partial charge in [0, 0.05) is 29.7 Å². The molecule has 0 spiro atoms. The third-order valence-electron chi connectivity index (χ3n) is 6.72. The number of fused-ring (bicyclic) bond motifs is 1. The molecule has 4 heteroatoms. The van der Waals surface area contributed by atoms with Crippen LogP contribution >= 0.6 is 11.6 Å². The summed E-state index contributed by atoms with van der Waals surface area (Å²) >= 11 is 5.60. The van der Waals surface area contributed by atoms with Crippen LogP contribution in [0.3, 0.4) is 0 Å². The van der Waals surface area contributed by atoms with Crippen LogP contribution in [-0.2, 0) is 11.3 Å². The third kappa shape index (κ3) is 3.69.